The Labute approximate surface area is 145 Å². The number of aryl methyl sites for hydroxylation is 1. The number of carboxylic acids is 1. The molecule has 1 unspecified atom stereocenters. The van der Waals surface area contributed by atoms with Crippen LogP contribution in [0.3, 0.4) is 0 Å². The van der Waals surface area contributed by atoms with Crippen molar-refractivity contribution in [2.24, 2.45) is 0 Å². The van der Waals surface area contributed by atoms with Gasteiger partial charge in [-0.1, -0.05) is 25.1 Å². The molecule has 1 aromatic carbocycles. The Bertz CT molecular complexity index is 653. The maximum Gasteiger partial charge on any atom is 0.410 e. The summed E-state index contributed by atoms with van der Waals surface area (Å²) in [6.07, 6.45) is 0.592. The highest BCUT2D eigenvalue weighted by Gasteiger charge is 2.39. The molecule has 0 amide bonds. The molecule has 0 aliphatic rings. The van der Waals surface area contributed by atoms with Crippen molar-refractivity contribution in [2.75, 3.05) is 7.11 Å². The molecule has 0 bridgehead atoms. The van der Waals surface area contributed by atoms with Crippen molar-refractivity contribution in [1.82, 2.24) is 5.09 Å². The number of carboxylic acid groups (broad SMARTS) is 1. The third-order valence-corrected chi connectivity index (χ3v) is 5.23. The van der Waals surface area contributed by atoms with Gasteiger partial charge in [-0.05, 0) is 31.4 Å². The Morgan fingerprint density at radius 3 is 2.54 bits per heavy atom. The van der Waals surface area contributed by atoms with Crippen LogP contribution in [0.4, 0.5) is 0 Å². The van der Waals surface area contributed by atoms with Gasteiger partial charge < -0.3 is 14.4 Å². The first kappa shape index (κ1) is 20.5. The topological polar surface area (TPSA) is 102 Å². The maximum absolute atomic E-state index is 12.5. The third-order valence-electron chi connectivity index (χ3n) is 3.57. The number of rotatable bonds is 9. The van der Waals surface area contributed by atoms with Gasteiger partial charge in [0.25, 0.3) is 0 Å². The molecule has 0 aliphatic heterocycles. The monoisotopic (exact) mass is 377 g/mol. The SMILES string of the molecule is CC[C@@](C)(NP(=O)(Cl)Oc1ccccc1CCC(=O)OC)C(=O)O. The highest BCUT2D eigenvalue weighted by molar-refractivity contribution is 7.84. The lowest BCUT2D eigenvalue weighted by molar-refractivity contribution is -0.143. The van der Waals surface area contributed by atoms with Crippen molar-refractivity contribution in [2.45, 2.75) is 38.6 Å². The molecule has 0 saturated heterocycles. The molecular weight excluding hydrogens is 357 g/mol. The molecule has 2 atom stereocenters. The Morgan fingerprint density at radius 2 is 2.00 bits per heavy atom. The number of halogens is 1. The minimum atomic E-state index is -3.96. The quantitative estimate of drug-likeness (QED) is 0.502. The number of nitrogens with one attached hydrogen (secondary N) is 1. The molecule has 0 spiro atoms. The molecule has 134 valence electrons. The van der Waals surface area contributed by atoms with Crippen molar-refractivity contribution < 1.29 is 28.5 Å². The second kappa shape index (κ2) is 8.51. The summed E-state index contributed by atoms with van der Waals surface area (Å²) in [5.41, 5.74) is -0.878. The van der Waals surface area contributed by atoms with E-state index in [1.54, 1.807) is 31.2 Å². The third kappa shape index (κ3) is 5.82. The first-order valence-corrected chi connectivity index (χ1v) is 9.83. The molecule has 0 radical (unpaired) electrons. The summed E-state index contributed by atoms with van der Waals surface area (Å²) >= 11 is 5.91. The van der Waals surface area contributed by atoms with Crippen LogP contribution in [0.1, 0.15) is 32.3 Å². The number of methoxy groups -OCH3 is 1. The zero-order valence-electron chi connectivity index (χ0n) is 13.7. The molecule has 0 fully saturated rings. The highest BCUT2D eigenvalue weighted by Crippen LogP contribution is 2.51. The number of aliphatic carboxylic acids is 1. The second-order valence-corrected chi connectivity index (χ2v) is 8.06. The molecule has 7 nitrogen and oxygen atoms in total. The Balaban J connectivity index is 2.93. The maximum atomic E-state index is 12.5. The van der Waals surface area contributed by atoms with Crippen LogP contribution in [0, 0.1) is 0 Å². The lowest BCUT2D eigenvalue weighted by Crippen LogP contribution is -2.47. The summed E-state index contributed by atoms with van der Waals surface area (Å²) in [6, 6.07) is 6.64. The number of hydrogen-bond acceptors (Lipinski definition) is 5. The van der Waals surface area contributed by atoms with Gasteiger partial charge in [-0.2, -0.15) is 0 Å². The molecule has 0 aliphatic carbocycles. The summed E-state index contributed by atoms with van der Waals surface area (Å²) in [5, 5.41) is 11.6. The number of carbonyl (C=O) groups is 2. The zero-order chi connectivity index (χ0) is 18.4. The van der Waals surface area contributed by atoms with Gasteiger partial charge in [-0.3, -0.25) is 9.59 Å². The van der Waals surface area contributed by atoms with Crippen LogP contribution in [0.5, 0.6) is 5.75 Å². The van der Waals surface area contributed by atoms with Crippen LogP contribution in [0.15, 0.2) is 24.3 Å². The van der Waals surface area contributed by atoms with Gasteiger partial charge in [-0.15, -0.1) is 0 Å². The number of carbonyl (C=O) groups excluding carboxylic acids is 1. The largest absolute Gasteiger partial charge is 0.480 e. The minimum Gasteiger partial charge on any atom is -0.480 e. The van der Waals surface area contributed by atoms with E-state index in [0.717, 1.165) is 0 Å². The van der Waals surface area contributed by atoms with Crippen LogP contribution in [-0.2, 0) is 25.3 Å². The second-order valence-electron chi connectivity index (χ2n) is 5.36. The molecule has 9 heteroatoms. The van der Waals surface area contributed by atoms with Gasteiger partial charge >= 0.3 is 18.8 Å². The number of benzene rings is 1. The number of para-hydroxylation sites is 1. The van der Waals surface area contributed by atoms with Gasteiger partial charge in [-0.25, -0.2) is 9.65 Å². The normalized spacial score (nSPS) is 15.8. The predicted octanol–water partition coefficient (Wildman–Crippen LogP) is 3.36. The van der Waals surface area contributed by atoms with E-state index in [2.05, 4.69) is 9.82 Å². The Kier molecular flexibility index (Phi) is 7.27. The first-order valence-electron chi connectivity index (χ1n) is 7.30. The van der Waals surface area contributed by atoms with E-state index in [1.165, 1.54) is 14.0 Å². The molecule has 1 aromatic rings. The average molecular weight is 378 g/mol. The Morgan fingerprint density at radius 1 is 1.38 bits per heavy atom. The average Bonchev–Trinajstić information content (AvgIpc) is 2.52. The molecule has 24 heavy (non-hydrogen) atoms. The fraction of sp³-hybridized carbons (Fsp3) is 0.467. The number of hydrogen-bond donors (Lipinski definition) is 2. The van der Waals surface area contributed by atoms with Gasteiger partial charge in [0.05, 0.1) is 7.11 Å². The summed E-state index contributed by atoms with van der Waals surface area (Å²) in [4.78, 5) is 22.6. The van der Waals surface area contributed by atoms with Crippen molar-refractivity contribution >= 4 is 30.1 Å². The van der Waals surface area contributed by atoms with E-state index in [9.17, 15) is 19.3 Å². The van der Waals surface area contributed by atoms with E-state index < -0.39 is 18.4 Å². The van der Waals surface area contributed by atoms with E-state index in [1.807, 2.05) is 0 Å². The van der Waals surface area contributed by atoms with Crippen LogP contribution in [-0.4, -0.2) is 29.7 Å². The molecule has 0 aromatic heterocycles. The molecular formula is C15H21ClNO6P. The van der Waals surface area contributed by atoms with Crippen molar-refractivity contribution in [3.63, 3.8) is 0 Å². The lowest BCUT2D eigenvalue weighted by atomic mass is 10.0. The van der Waals surface area contributed by atoms with E-state index in [4.69, 9.17) is 15.8 Å². The summed E-state index contributed by atoms with van der Waals surface area (Å²) in [7, 11) is 1.29. The molecule has 1 rings (SSSR count). The molecule has 0 saturated carbocycles. The first-order chi connectivity index (χ1) is 11.1. The predicted molar refractivity (Wildman–Crippen MR) is 90.3 cm³/mol. The number of ether oxygens (including phenoxy) is 1. The van der Waals surface area contributed by atoms with Gasteiger partial charge in [0, 0.05) is 17.7 Å². The van der Waals surface area contributed by atoms with Gasteiger partial charge in [0.2, 0.25) is 0 Å². The minimum absolute atomic E-state index is 0.124. The lowest BCUT2D eigenvalue weighted by Gasteiger charge is -2.27. The summed E-state index contributed by atoms with van der Waals surface area (Å²) in [5.74, 6) is -1.36. The standard InChI is InChI=1S/C15H21ClNO6P/c1-4-15(2,14(19)20)17-24(16,21)23-12-8-6-5-7-11(12)9-10-13(18)22-3/h5-8H,4,9-10H2,1-3H3,(H,17,21)(H,19,20)/t15-,24?/m1/s1. The van der Waals surface area contributed by atoms with Crippen molar-refractivity contribution in [3.8, 4) is 5.75 Å². The van der Waals surface area contributed by atoms with Crippen molar-refractivity contribution in [1.29, 1.82) is 0 Å². The van der Waals surface area contributed by atoms with E-state index >= 15 is 0 Å². The zero-order valence-corrected chi connectivity index (χ0v) is 15.4. The fourth-order valence-electron chi connectivity index (χ4n) is 1.86. The van der Waals surface area contributed by atoms with Gasteiger partial charge in [0.1, 0.15) is 11.3 Å². The smallest absolute Gasteiger partial charge is 0.410 e. The Hall–Kier alpha value is -1.56. The summed E-state index contributed by atoms with van der Waals surface area (Å²) in [6.45, 7) is -0.963. The van der Waals surface area contributed by atoms with E-state index in [0.29, 0.717) is 12.0 Å². The highest BCUT2D eigenvalue weighted by atomic mass is 35.7. The van der Waals surface area contributed by atoms with Crippen molar-refractivity contribution in [3.05, 3.63) is 29.8 Å². The summed E-state index contributed by atoms with van der Waals surface area (Å²) < 4.78 is 22.4. The fourth-order valence-corrected chi connectivity index (χ4v) is 3.96. The van der Waals surface area contributed by atoms with Crippen LogP contribution >= 0.6 is 18.1 Å². The molecule has 2 N–H and O–H groups in total. The van der Waals surface area contributed by atoms with Crippen LogP contribution < -0.4 is 9.61 Å². The van der Waals surface area contributed by atoms with Gasteiger partial charge in [0.15, 0.2) is 0 Å². The van der Waals surface area contributed by atoms with Crippen LogP contribution in [0.2, 0.25) is 0 Å². The number of esters is 1. The molecule has 0 heterocycles. The van der Waals surface area contributed by atoms with E-state index in [-0.39, 0.29) is 24.6 Å². The van der Waals surface area contributed by atoms with Crippen LogP contribution in [0.25, 0.3) is 0 Å².